The zero-order valence-corrected chi connectivity index (χ0v) is 13.9. The summed E-state index contributed by atoms with van der Waals surface area (Å²) in [4.78, 5) is 26.5. The number of benzene rings is 1. The Balaban J connectivity index is 1.64. The number of rotatable bonds is 5. The molecule has 0 bridgehead atoms. The molecule has 1 aromatic heterocycles. The standard InChI is InChI=1S/C18H19N3O4/c1-12-9-10-16(18(19-12)21(23)24)25-11-17(22)20-15-8-4-6-13-5-2-3-7-14(13)15/h2-3,5,7,9-10,15H,4,6,8,11H2,1H3,(H,20,22). The van der Waals surface area contributed by atoms with Crippen molar-refractivity contribution in [1.82, 2.24) is 10.3 Å². The molecular weight excluding hydrogens is 322 g/mol. The van der Waals surface area contributed by atoms with Crippen LogP contribution in [0.5, 0.6) is 5.75 Å². The highest BCUT2D eigenvalue weighted by Crippen LogP contribution is 2.29. The number of pyridine rings is 1. The summed E-state index contributed by atoms with van der Waals surface area (Å²) >= 11 is 0. The van der Waals surface area contributed by atoms with Crippen molar-refractivity contribution in [2.45, 2.75) is 32.2 Å². The first kappa shape index (κ1) is 16.9. The molecule has 25 heavy (non-hydrogen) atoms. The Bertz CT molecular complexity index is 807. The Morgan fingerprint density at radius 3 is 2.96 bits per heavy atom. The first-order valence-corrected chi connectivity index (χ1v) is 8.16. The van der Waals surface area contributed by atoms with Gasteiger partial charge >= 0.3 is 5.82 Å². The van der Waals surface area contributed by atoms with Gasteiger partial charge in [-0.05, 0) is 52.4 Å². The molecule has 3 rings (SSSR count). The highest BCUT2D eigenvalue weighted by atomic mass is 16.6. The van der Waals surface area contributed by atoms with Gasteiger partial charge in [-0.1, -0.05) is 24.3 Å². The van der Waals surface area contributed by atoms with Gasteiger partial charge in [0, 0.05) is 6.92 Å². The number of nitrogens with zero attached hydrogens (tertiary/aromatic N) is 2. The zero-order chi connectivity index (χ0) is 17.8. The number of carbonyl (C=O) groups excluding carboxylic acids is 1. The van der Waals surface area contributed by atoms with E-state index >= 15 is 0 Å². The van der Waals surface area contributed by atoms with E-state index in [9.17, 15) is 14.9 Å². The molecule has 1 unspecified atom stereocenters. The molecule has 0 saturated heterocycles. The third kappa shape index (κ3) is 3.93. The van der Waals surface area contributed by atoms with Crippen LogP contribution in [0.25, 0.3) is 0 Å². The molecule has 1 amide bonds. The molecular formula is C18H19N3O4. The first-order valence-electron chi connectivity index (χ1n) is 8.16. The summed E-state index contributed by atoms with van der Waals surface area (Å²) in [6, 6.07) is 11.1. The Morgan fingerprint density at radius 1 is 1.36 bits per heavy atom. The largest absolute Gasteiger partial charge is 0.476 e. The molecule has 1 aliphatic rings. The van der Waals surface area contributed by atoms with E-state index in [0.717, 1.165) is 24.8 Å². The van der Waals surface area contributed by atoms with Crippen LogP contribution in [-0.2, 0) is 11.2 Å². The minimum Gasteiger partial charge on any atom is -0.476 e. The minimum atomic E-state index is -0.613. The van der Waals surface area contributed by atoms with Gasteiger partial charge in [-0.3, -0.25) is 4.79 Å². The van der Waals surface area contributed by atoms with Crippen LogP contribution >= 0.6 is 0 Å². The average Bonchev–Trinajstić information content (AvgIpc) is 2.61. The minimum absolute atomic E-state index is 0.00482. The summed E-state index contributed by atoms with van der Waals surface area (Å²) in [5.74, 6) is -0.692. The van der Waals surface area contributed by atoms with Crippen molar-refractivity contribution in [2.24, 2.45) is 0 Å². The Morgan fingerprint density at radius 2 is 2.16 bits per heavy atom. The summed E-state index contributed by atoms with van der Waals surface area (Å²) < 4.78 is 5.33. The number of aryl methyl sites for hydroxylation is 2. The number of fused-ring (bicyclic) bond motifs is 1. The quantitative estimate of drug-likeness (QED) is 0.666. The third-order valence-electron chi connectivity index (χ3n) is 4.21. The van der Waals surface area contributed by atoms with Gasteiger partial charge in [0.15, 0.2) is 6.61 Å². The van der Waals surface area contributed by atoms with Gasteiger partial charge in [-0.25, -0.2) is 0 Å². The lowest BCUT2D eigenvalue weighted by Gasteiger charge is -2.26. The van der Waals surface area contributed by atoms with E-state index in [0.29, 0.717) is 5.69 Å². The fraction of sp³-hybridized carbons (Fsp3) is 0.333. The van der Waals surface area contributed by atoms with E-state index in [1.54, 1.807) is 13.0 Å². The Hall–Kier alpha value is -2.96. The van der Waals surface area contributed by atoms with Gasteiger partial charge in [-0.15, -0.1) is 0 Å². The fourth-order valence-electron chi connectivity index (χ4n) is 3.06. The highest BCUT2D eigenvalue weighted by molar-refractivity contribution is 5.78. The van der Waals surface area contributed by atoms with Crippen molar-refractivity contribution in [3.8, 4) is 5.75 Å². The molecule has 0 spiro atoms. The molecule has 130 valence electrons. The molecule has 1 N–H and O–H groups in total. The SMILES string of the molecule is Cc1ccc(OCC(=O)NC2CCCc3ccccc32)c([N+](=O)[O-])n1. The monoisotopic (exact) mass is 341 g/mol. The maximum atomic E-state index is 12.2. The molecule has 1 heterocycles. The Labute approximate surface area is 145 Å². The van der Waals surface area contributed by atoms with E-state index < -0.39 is 4.92 Å². The fourth-order valence-corrected chi connectivity index (χ4v) is 3.06. The van der Waals surface area contributed by atoms with Crippen LogP contribution in [0.1, 0.15) is 35.7 Å². The maximum Gasteiger partial charge on any atom is 0.406 e. The molecule has 0 saturated carbocycles. The lowest BCUT2D eigenvalue weighted by molar-refractivity contribution is -0.390. The second-order valence-corrected chi connectivity index (χ2v) is 6.03. The third-order valence-corrected chi connectivity index (χ3v) is 4.21. The molecule has 7 nitrogen and oxygen atoms in total. The summed E-state index contributed by atoms with van der Waals surface area (Å²) in [7, 11) is 0. The van der Waals surface area contributed by atoms with E-state index in [-0.39, 0.29) is 30.1 Å². The summed E-state index contributed by atoms with van der Waals surface area (Å²) in [5, 5.41) is 14.0. The average molecular weight is 341 g/mol. The van der Waals surface area contributed by atoms with E-state index in [4.69, 9.17) is 4.74 Å². The molecule has 2 aromatic rings. The number of nitrogens with one attached hydrogen (secondary N) is 1. The van der Waals surface area contributed by atoms with Gasteiger partial charge < -0.3 is 20.2 Å². The van der Waals surface area contributed by atoms with Crippen LogP contribution in [0.4, 0.5) is 5.82 Å². The number of carbonyl (C=O) groups is 1. The molecule has 0 fully saturated rings. The lowest BCUT2D eigenvalue weighted by Crippen LogP contribution is -2.34. The Kier molecular flexibility index (Phi) is 4.92. The summed E-state index contributed by atoms with van der Waals surface area (Å²) in [5.41, 5.74) is 2.89. The number of nitro groups is 1. The molecule has 1 aliphatic carbocycles. The summed E-state index contributed by atoms with van der Waals surface area (Å²) in [6.07, 6.45) is 2.89. The first-order chi connectivity index (χ1) is 12.0. The number of aromatic nitrogens is 1. The molecule has 1 aromatic carbocycles. The molecule has 0 radical (unpaired) electrons. The summed E-state index contributed by atoms with van der Waals surface area (Å²) in [6.45, 7) is 1.37. The normalized spacial score (nSPS) is 16.0. The van der Waals surface area contributed by atoms with Crippen LogP contribution < -0.4 is 10.1 Å². The predicted molar refractivity (Wildman–Crippen MR) is 91.4 cm³/mol. The van der Waals surface area contributed by atoms with Crippen molar-refractivity contribution in [3.05, 3.63) is 63.3 Å². The van der Waals surface area contributed by atoms with Crippen LogP contribution in [-0.4, -0.2) is 22.4 Å². The van der Waals surface area contributed by atoms with Crippen LogP contribution in [0.3, 0.4) is 0 Å². The lowest BCUT2D eigenvalue weighted by atomic mass is 9.88. The molecule has 0 aliphatic heterocycles. The second-order valence-electron chi connectivity index (χ2n) is 6.03. The van der Waals surface area contributed by atoms with Crippen LogP contribution in [0, 0.1) is 17.0 Å². The van der Waals surface area contributed by atoms with Gasteiger partial charge in [0.1, 0.15) is 5.69 Å². The van der Waals surface area contributed by atoms with Crippen molar-refractivity contribution in [3.63, 3.8) is 0 Å². The number of amides is 1. The van der Waals surface area contributed by atoms with Gasteiger partial charge in [0.25, 0.3) is 5.91 Å². The predicted octanol–water partition coefficient (Wildman–Crippen LogP) is 2.87. The molecule has 1 atom stereocenters. The van der Waals surface area contributed by atoms with Crippen molar-refractivity contribution >= 4 is 11.7 Å². The van der Waals surface area contributed by atoms with Crippen molar-refractivity contribution < 1.29 is 14.5 Å². The van der Waals surface area contributed by atoms with Crippen LogP contribution in [0.2, 0.25) is 0 Å². The van der Waals surface area contributed by atoms with Crippen molar-refractivity contribution in [1.29, 1.82) is 0 Å². The molecule has 7 heteroatoms. The topological polar surface area (TPSA) is 94.4 Å². The maximum absolute atomic E-state index is 12.2. The number of hydrogen-bond donors (Lipinski definition) is 1. The van der Waals surface area contributed by atoms with Crippen LogP contribution in [0.15, 0.2) is 36.4 Å². The van der Waals surface area contributed by atoms with E-state index in [2.05, 4.69) is 16.4 Å². The van der Waals surface area contributed by atoms with Gasteiger partial charge in [0.2, 0.25) is 5.75 Å². The van der Waals surface area contributed by atoms with E-state index in [1.807, 2.05) is 18.2 Å². The van der Waals surface area contributed by atoms with E-state index in [1.165, 1.54) is 11.6 Å². The highest BCUT2D eigenvalue weighted by Gasteiger charge is 2.23. The van der Waals surface area contributed by atoms with Gasteiger partial charge in [-0.2, -0.15) is 0 Å². The number of hydrogen-bond acceptors (Lipinski definition) is 5. The van der Waals surface area contributed by atoms with Gasteiger partial charge in [0.05, 0.1) is 6.04 Å². The second kappa shape index (κ2) is 7.29. The smallest absolute Gasteiger partial charge is 0.406 e. The zero-order valence-electron chi connectivity index (χ0n) is 13.9. The number of ether oxygens (including phenoxy) is 1. The van der Waals surface area contributed by atoms with Crippen molar-refractivity contribution in [2.75, 3.05) is 6.61 Å².